The SMILES string of the molecule is Cc1cccc2ccc(Oc3ccc(C#N)cc3)cc12. The summed E-state index contributed by atoms with van der Waals surface area (Å²) < 4.78 is 5.83. The van der Waals surface area contributed by atoms with E-state index in [4.69, 9.17) is 10.00 Å². The normalized spacial score (nSPS) is 10.2. The third-order valence-corrected chi connectivity index (χ3v) is 3.29. The lowest BCUT2D eigenvalue weighted by Gasteiger charge is -2.08. The number of rotatable bonds is 2. The predicted octanol–water partition coefficient (Wildman–Crippen LogP) is 4.81. The zero-order chi connectivity index (χ0) is 13.9. The Kier molecular flexibility index (Phi) is 3.10. The third-order valence-electron chi connectivity index (χ3n) is 3.29. The van der Waals surface area contributed by atoms with Crippen LogP contribution in [0.3, 0.4) is 0 Å². The summed E-state index contributed by atoms with van der Waals surface area (Å²) in [6.07, 6.45) is 0. The molecule has 0 bridgehead atoms. The lowest BCUT2D eigenvalue weighted by atomic mass is 10.1. The Morgan fingerprint density at radius 1 is 0.900 bits per heavy atom. The molecule has 2 heteroatoms. The molecule has 0 fully saturated rings. The van der Waals surface area contributed by atoms with Gasteiger partial charge in [-0.15, -0.1) is 0 Å². The average Bonchev–Trinajstić information content (AvgIpc) is 2.49. The van der Waals surface area contributed by atoms with E-state index in [1.165, 1.54) is 16.3 Å². The molecule has 0 aromatic heterocycles. The maximum absolute atomic E-state index is 8.78. The molecule has 20 heavy (non-hydrogen) atoms. The summed E-state index contributed by atoms with van der Waals surface area (Å²) in [6.45, 7) is 2.09. The van der Waals surface area contributed by atoms with Crippen LogP contribution >= 0.6 is 0 Å². The van der Waals surface area contributed by atoms with Crippen LogP contribution < -0.4 is 4.74 Å². The Bertz CT molecular complexity index is 798. The van der Waals surface area contributed by atoms with Gasteiger partial charge in [0, 0.05) is 0 Å². The van der Waals surface area contributed by atoms with Crippen LogP contribution in [0.2, 0.25) is 0 Å². The number of aryl methyl sites for hydroxylation is 1. The summed E-state index contributed by atoms with van der Waals surface area (Å²) in [5.41, 5.74) is 1.86. The van der Waals surface area contributed by atoms with Gasteiger partial charge in [-0.05, 0) is 59.7 Å². The molecule has 0 aliphatic carbocycles. The Labute approximate surface area is 117 Å². The smallest absolute Gasteiger partial charge is 0.128 e. The molecule has 0 atom stereocenters. The van der Waals surface area contributed by atoms with Crippen molar-refractivity contribution in [3.8, 4) is 17.6 Å². The molecule has 0 spiro atoms. The van der Waals surface area contributed by atoms with Gasteiger partial charge in [0.2, 0.25) is 0 Å². The molecule has 0 amide bonds. The van der Waals surface area contributed by atoms with Gasteiger partial charge in [0.25, 0.3) is 0 Å². The molecule has 3 aromatic carbocycles. The number of benzene rings is 3. The molecule has 0 aliphatic rings. The summed E-state index contributed by atoms with van der Waals surface area (Å²) in [5, 5.41) is 11.2. The van der Waals surface area contributed by atoms with E-state index in [0.717, 1.165) is 11.5 Å². The topological polar surface area (TPSA) is 33.0 Å². The summed E-state index contributed by atoms with van der Waals surface area (Å²) >= 11 is 0. The second-order valence-corrected chi connectivity index (χ2v) is 4.70. The standard InChI is InChI=1S/C18H13NO/c1-13-3-2-4-15-7-10-17(11-18(13)15)20-16-8-5-14(12-19)6-9-16/h2-11H,1H3. The van der Waals surface area contributed by atoms with Crippen LogP contribution in [-0.2, 0) is 0 Å². The minimum Gasteiger partial charge on any atom is -0.457 e. The van der Waals surface area contributed by atoms with Crippen molar-refractivity contribution in [2.24, 2.45) is 0 Å². The predicted molar refractivity (Wildman–Crippen MR) is 79.9 cm³/mol. The van der Waals surface area contributed by atoms with E-state index < -0.39 is 0 Å². The molecule has 2 nitrogen and oxygen atoms in total. The van der Waals surface area contributed by atoms with Crippen LogP contribution in [0, 0.1) is 18.3 Å². The Balaban J connectivity index is 1.94. The van der Waals surface area contributed by atoms with Gasteiger partial charge in [-0.1, -0.05) is 24.3 Å². The van der Waals surface area contributed by atoms with Gasteiger partial charge >= 0.3 is 0 Å². The van der Waals surface area contributed by atoms with Gasteiger partial charge < -0.3 is 4.74 Å². The first kappa shape index (κ1) is 12.3. The van der Waals surface area contributed by atoms with Gasteiger partial charge in [-0.25, -0.2) is 0 Å². The van der Waals surface area contributed by atoms with E-state index in [1.807, 2.05) is 12.1 Å². The fourth-order valence-corrected chi connectivity index (χ4v) is 2.21. The van der Waals surface area contributed by atoms with Crippen LogP contribution in [0.5, 0.6) is 11.5 Å². The van der Waals surface area contributed by atoms with E-state index in [2.05, 4.69) is 37.3 Å². The highest BCUT2D eigenvalue weighted by Crippen LogP contribution is 2.27. The second kappa shape index (κ2) is 5.07. The minimum atomic E-state index is 0.631. The van der Waals surface area contributed by atoms with Gasteiger partial charge in [0.1, 0.15) is 11.5 Å². The van der Waals surface area contributed by atoms with E-state index in [-0.39, 0.29) is 0 Å². The molecule has 0 radical (unpaired) electrons. The van der Waals surface area contributed by atoms with Crippen molar-refractivity contribution in [2.75, 3.05) is 0 Å². The van der Waals surface area contributed by atoms with E-state index in [9.17, 15) is 0 Å². The van der Waals surface area contributed by atoms with Crippen LogP contribution in [-0.4, -0.2) is 0 Å². The number of fused-ring (bicyclic) bond motifs is 1. The zero-order valence-corrected chi connectivity index (χ0v) is 11.1. The van der Waals surface area contributed by atoms with E-state index in [1.54, 1.807) is 24.3 Å². The van der Waals surface area contributed by atoms with E-state index in [0.29, 0.717) is 5.56 Å². The molecular weight excluding hydrogens is 246 g/mol. The molecule has 0 heterocycles. The summed E-state index contributed by atoms with van der Waals surface area (Å²) in [7, 11) is 0. The maximum atomic E-state index is 8.78. The minimum absolute atomic E-state index is 0.631. The Morgan fingerprint density at radius 2 is 1.65 bits per heavy atom. The van der Waals surface area contributed by atoms with Gasteiger partial charge in [-0.3, -0.25) is 0 Å². The molecule has 3 aromatic rings. The number of nitriles is 1. The lowest BCUT2D eigenvalue weighted by molar-refractivity contribution is 0.483. The molecule has 3 rings (SSSR count). The van der Waals surface area contributed by atoms with Crippen LogP contribution in [0.25, 0.3) is 10.8 Å². The van der Waals surface area contributed by atoms with Crippen molar-refractivity contribution in [3.63, 3.8) is 0 Å². The van der Waals surface area contributed by atoms with E-state index >= 15 is 0 Å². The van der Waals surface area contributed by atoms with Crippen molar-refractivity contribution < 1.29 is 4.74 Å². The fraction of sp³-hybridized carbons (Fsp3) is 0.0556. The number of hydrogen-bond donors (Lipinski definition) is 0. The molecule has 0 saturated heterocycles. The zero-order valence-electron chi connectivity index (χ0n) is 11.1. The highest BCUT2D eigenvalue weighted by Gasteiger charge is 2.01. The molecule has 96 valence electrons. The molecule has 0 N–H and O–H groups in total. The largest absolute Gasteiger partial charge is 0.457 e. The van der Waals surface area contributed by atoms with Crippen molar-refractivity contribution in [3.05, 3.63) is 71.8 Å². The van der Waals surface area contributed by atoms with Crippen molar-refractivity contribution >= 4 is 10.8 Å². The van der Waals surface area contributed by atoms with Gasteiger partial charge in [0.15, 0.2) is 0 Å². The fourth-order valence-electron chi connectivity index (χ4n) is 2.21. The highest BCUT2D eigenvalue weighted by molar-refractivity contribution is 5.86. The third kappa shape index (κ3) is 2.34. The van der Waals surface area contributed by atoms with Crippen molar-refractivity contribution in [1.29, 1.82) is 5.26 Å². The molecular formula is C18H13NO. The lowest BCUT2D eigenvalue weighted by Crippen LogP contribution is -1.86. The van der Waals surface area contributed by atoms with Crippen molar-refractivity contribution in [2.45, 2.75) is 6.92 Å². The summed E-state index contributed by atoms with van der Waals surface area (Å²) in [5.74, 6) is 1.54. The van der Waals surface area contributed by atoms with Crippen molar-refractivity contribution in [1.82, 2.24) is 0 Å². The van der Waals surface area contributed by atoms with Gasteiger partial charge in [0.05, 0.1) is 11.6 Å². The highest BCUT2D eigenvalue weighted by atomic mass is 16.5. The van der Waals surface area contributed by atoms with Crippen LogP contribution in [0.4, 0.5) is 0 Å². The summed E-state index contributed by atoms with van der Waals surface area (Å²) in [6, 6.07) is 21.5. The number of hydrogen-bond acceptors (Lipinski definition) is 2. The quantitative estimate of drug-likeness (QED) is 0.661. The monoisotopic (exact) mass is 259 g/mol. The summed E-state index contributed by atoms with van der Waals surface area (Å²) in [4.78, 5) is 0. The number of nitrogens with zero attached hydrogens (tertiary/aromatic N) is 1. The second-order valence-electron chi connectivity index (χ2n) is 4.70. The number of ether oxygens (including phenoxy) is 1. The molecule has 0 unspecified atom stereocenters. The average molecular weight is 259 g/mol. The molecule has 0 saturated carbocycles. The van der Waals surface area contributed by atoms with Gasteiger partial charge in [-0.2, -0.15) is 5.26 Å². The first-order valence-corrected chi connectivity index (χ1v) is 6.44. The first-order chi connectivity index (χ1) is 9.76. The van der Waals surface area contributed by atoms with Crippen LogP contribution in [0.15, 0.2) is 60.7 Å². The Hall–Kier alpha value is -2.79. The first-order valence-electron chi connectivity index (χ1n) is 6.44. The molecule has 0 aliphatic heterocycles. The Morgan fingerprint density at radius 3 is 2.40 bits per heavy atom. The van der Waals surface area contributed by atoms with Crippen LogP contribution in [0.1, 0.15) is 11.1 Å². The maximum Gasteiger partial charge on any atom is 0.128 e.